The standard InChI is InChI=1S/C16H13N3O2/c20-15(3-4-16(21)13-6-8-18-19-10-13)12-1-2-14-11(9-12)5-7-17-14/h1-2,5-10,17H,3-4H2. The zero-order valence-electron chi connectivity index (χ0n) is 11.2. The van der Waals surface area contributed by atoms with Gasteiger partial charge in [0.1, 0.15) is 0 Å². The summed E-state index contributed by atoms with van der Waals surface area (Å²) in [7, 11) is 0. The van der Waals surface area contributed by atoms with Crippen molar-refractivity contribution in [2.24, 2.45) is 0 Å². The lowest BCUT2D eigenvalue weighted by Gasteiger charge is -2.02. The first-order valence-electron chi connectivity index (χ1n) is 6.64. The van der Waals surface area contributed by atoms with Crippen LogP contribution in [0.5, 0.6) is 0 Å². The number of Topliss-reactive ketones (excluding diaryl/α,β-unsaturated/α-hetero) is 2. The molecule has 3 aromatic rings. The number of ketones is 2. The smallest absolute Gasteiger partial charge is 0.164 e. The highest BCUT2D eigenvalue weighted by molar-refractivity contribution is 6.03. The van der Waals surface area contributed by atoms with E-state index in [0.29, 0.717) is 11.1 Å². The zero-order chi connectivity index (χ0) is 14.7. The van der Waals surface area contributed by atoms with E-state index in [1.54, 1.807) is 12.1 Å². The van der Waals surface area contributed by atoms with E-state index in [9.17, 15) is 9.59 Å². The van der Waals surface area contributed by atoms with Crippen LogP contribution in [-0.4, -0.2) is 26.7 Å². The lowest BCUT2D eigenvalue weighted by atomic mass is 10.0. The van der Waals surface area contributed by atoms with Crippen LogP contribution in [0.15, 0.2) is 48.9 Å². The van der Waals surface area contributed by atoms with E-state index >= 15 is 0 Å². The molecule has 0 fully saturated rings. The van der Waals surface area contributed by atoms with Gasteiger partial charge >= 0.3 is 0 Å². The molecule has 21 heavy (non-hydrogen) atoms. The monoisotopic (exact) mass is 279 g/mol. The van der Waals surface area contributed by atoms with Crippen LogP contribution in [0.3, 0.4) is 0 Å². The van der Waals surface area contributed by atoms with Gasteiger partial charge in [0.15, 0.2) is 11.6 Å². The Morgan fingerprint density at radius 3 is 2.52 bits per heavy atom. The van der Waals surface area contributed by atoms with Gasteiger partial charge in [-0.1, -0.05) is 0 Å². The number of aromatic amines is 1. The van der Waals surface area contributed by atoms with Gasteiger partial charge in [0.2, 0.25) is 0 Å². The quantitative estimate of drug-likeness (QED) is 0.729. The molecule has 1 N–H and O–H groups in total. The molecule has 0 aliphatic rings. The van der Waals surface area contributed by atoms with Gasteiger partial charge in [0.05, 0.1) is 12.4 Å². The molecule has 0 amide bonds. The Bertz CT molecular complexity index is 793. The van der Waals surface area contributed by atoms with E-state index in [4.69, 9.17) is 0 Å². The minimum absolute atomic E-state index is 0.0338. The predicted octanol–water partition coefficient (Wildman–Crippen LogP) is 2.80. The number of hydrogen-bond donors (Lipinski definition) is 1. The first kappa shape index (κ1) is 13.2. The summed E-state index contributed by atoms with van der Waals surface area (Å²) in [5.74, 6) is -0.130. The predicted molar refractivity (Wildman–Crippen MR) is 78.2 cm³/mol. The molecule has 0 radical (unpaired) electrons. The molecule has 0 atom stereocenters. The second-order valence-corrected chi connectivity index (χ2v) is 4.76. The number of fused-ring (bicyclic) bond motifs is 1. The Morgan fingerprint density at radius 2 is 1.76 bits per heavy atom. The van der Waals surface area contributed by atoms with Crippen LogP contribution < -0.4 is 0 Å². The number of aromatic nitrogens is 3. The van der Waals surface area contributed by atoms with E-state index in [2.05, 4.69) is 15.2 Å². The number of nitrogens with one attached hydrogen (secondary N) is 1. The largest absolute Gasteiger partial charge is 0.361 e. The van der Waals surface area contributed by atoms with Crippen molar-refractivity contribution in [1.82, 2.24) is 15.2 Å². The Kier molecular flexibility index (Phi) is 3.55. The molecule has 1 aromatic carbocycles. The van der Waals surface area contributed by atoms with Gasteiger partial charge in [-0.15, -0.1) is 0 Å². The average molecular weight is 279 g/mol. The maximum absolute atomic E-state index is 12.2. The maximum Gasteiger partial charge on any atom is 0.164 e. The minimum atomic E-state index is -0.0963. The fourth-order valence-corrected chi connectivity index (χ4v) is 2.20. The van der Waals surface area contributed by atoms with Crippen LogP contribution in [0, 0.1) is 0 Å². The molecule has 2 heterocycles. The summed E-state index contributed by atoms with van der Waals surface area (Å²) in [6, 6.07) is 9.01. The minimum Gasteiger partial charge on any atom is -0.361 e. The third kappa shape index (κ3) is 2.86. The molecular formula is C16H13N3O2. The average Bonchev–Trinajstić information content (AvgIpc) is 3.00. The van der Waals surface area contributed by atoms with Crippen molar-refractivity contribution in [3.63, 3.8) is 0 Å². The van der Waals surface area contributed by atoms with Crippen molar-refractivity contribution in [1.29, 1.82) is 0 Å². The van der Waals surface area contributed by atoms with Crippen molar-refractivity contribution in [2.75, 3.05) is 0 Å². The number of benzene rings is 1. The zero-order valence-corrected chi connectivity index (χ0v) is 11.2. The Labute approximate surface area is 121 Å². The van der Waals surface area contributed by atoms with Crippen molar-refractivity contribution in [3.05, 3.63) is 60.0 Å². The molecule has 5 nitrogen and oxygen atoms in total. The molecule has 3 rings (SSSR count). The highest BCUT2D eigenvalue weighted by Crippen LogP contribution is 2.16. The third-order valence-electron chi connectivity index (χ3n) is 3.36. The number of H-pyrrole nitrogens is 1. The summed E-state index contributed by atoms with van der Waals surface area (Å²) in [5, 5.41) is 8.27. The van der Waals surface area contributed by atoms with Gasteiger partial charge in [0, 0.05) is 41.1 Å². The first-order valence-corrected chi connectivity index (χ1v) is 6.64. The first-order chi connectivity index (χ1) is 10.2. The van der Waals surface area contributed by atoms with Gasteiger partial charge < -0.3 is 4.98 Å². The molecule has 0 spiro atoms. The molecule has 0 aliphatic heterocycles. The van der Waals surface area contributed by atoms with Gasteiger partial charge in [0.25, 0.3) is 0 Å². The summed E-state index contributed by atoms with van der Waals surface area (Å²) in [6.45, 7) is 0. The molecule has 0 unspecified atom stereocenters. The van der Waals surface area contributed by atoms with E-state index < -0.39 is 0 Å². The molecule has 0 saturated heterocycles. The Hall–Kier alpha value is -2.82. The summed E-state index contributed by atoms with van der Waals surface area (Å²) in [6.07, 6.45) is 5.08. The molecule has 2 aromatic heterocycles. The van der Waals surface area contributed by atoms with E-state index in [-0.39, 0.29) is 24.4 Å². The highest BCUT2D eigenvalue weighted by Gasteiger charge is 2.11. The maximum atomic E-state index is 12.2. The van der Waals surface area contributed by atoms with Crippen LogP contribution in [0.4, 0.5) is 0 Å². The lowest BCUT2D eigenvalue weighted by molar-refractivity contribution is 0.0917. The number of carbonyl (C=O) groups excluding carboxylic acids is 2. The normalized spacial score (nSPS) is 10.7. The Balaban J connectivity index is 1.67. The molecule has 0 aliphatic carbocycles. The van der Waals surface area contributed by atoms with Crippen molar-refractivity contribution in [2.45, 2.75) is 12.8 Å². The number of hydrogen-bond acceptors (Lipinski definition) is 4. The fourth-order valence-electron chi connectivity index (χ4n) is 2.20. The summed E-state index contributed by atoms with van der Waals surface area (Å²) in [5.41, 5.74) is 2.10. The fraction of sp³-hybridized carbons (Fsp3) is 0.125. The second kappa shape index (κ2) is 5.66. The topological polar surface area (TPSA) is 75.7 Å². The van der Waals surface area contributed by atoms with E-state index in [1.807, 2.05) is 24.4 Å². The third-order valence-corrected chi connectivity index (χ3v) is 3.36. The summed E-state index contributed by atoms with van der Waals surface area (Å²) < 4.78 is 0. The SMILES string of the molecule is O=C(CCC(=O)c1ccc2[nH]ccc2c1)c1ccnnc1. The molecule has 0 saturated carbocycles. The van der Waals surface area contributed by atoms with Crippen molar-refractivity contribution >= 4 is 22.5 Å². The van der Waals surface area contributed by atoms with Crippen LogP contribution in [-0.2, 0) is 0 Å². The highest BCUT2D eigenvalue weighted by atomic mass is 16.1. The molecule has 5 heteroatoms. The summed E-state index contributed by atoms with van der Waals surface area (Å²) in [4.78, 5) is 27.2. The Morgan fingerprint density at radius 1 is 0.952 bits per heavy atom. The number of nitrogens with zero attached hydrogens (tertiary/aromatic N) is 2. The van der Waals surface area contributed by atoms with Crippen LogP contribution >= 0.6 is 0 Å². The van der Waals surface area contributed by atoms with Gasteiger partial charge in [-0.25, -0.2) is 0 Å². The van der Waals surface area contributed by atoms with Crippen molar-refractivity contribution in [3.8, 4) is 0 Å². The van der Waals surface area contributed by atoms with Crippen molar-refractivity contribution < 1.29 is 9.59 Å². The van der Waals surface area contributed by atoms with Crippen LogP contribution in [0.1, 0.15) is 33.6 Å². The van der Waals surface area contributed by atoms with Crippen LogP contribution in [0.2, 0.25) is 0 Å². The van der Waals surface area contributed by atoms with Gasteiger partial charge in [-0.05, 0) is 30.3 Å². The van der Waals surface area contributed by atoms with Crippen LogP contribution in [0.25, 0.3) is 10.9 Å². The van der Waals surface area contributed by atoms with E-state index in [0.717, 1.165) is 10.9 Å². The molecular weight excluding hydrogens is 266 g/mol. The van der Waals surface area contributed by atoms with Gasteiger partial charge in [-0.3, -0.25) is 9.59 Å². The van der Waals surface area contributed by atoms with Gasteiger partial charge in [-0.2, -0.15) is 10.2 Å². The summed E-state index contributed by atoms with van der Waals surface area (Å²) >= 11 is 0. The van der Waals surface area contributed by atoms with E-state index in [1.165, 1.54) is 12.4 Å². The second-order valence-electron chi connectivity index (χ2n) is 4.76. The lowest BCUT2D eigenvalue weighted by Crippen LogP contribution is -2.05. The number of carbonyl (C=O) groups is 2. The molecule has 104 valence electrons. The molecule has 0 bridgehead atoms. The number of rotatable bonds is 5.